The largest absolute Gasteiger partial charge is 0.479 e. The standard InChI is InChI=1S/C13H12ClNO3/c1-2-18-12(13(16)17)9-5-6-10(14)8-4-3-7-15-11(8)9/h3-7,12H,2H2,1H3,(H,16,17). The van der Waals surface area contributed by atoms with Crippen LogP contribution in [0.4, 0.5) is 0 Å². The minimum atomic E-state index is -1.04. The number of hydrogen-bond acceptors (Lipinski definition) is 3. The lowest BCUT2D eigenvalue weighted by atomic mass is 10.0. The van der Waals surface area contributed by atoms with Gasteiger partial charge in [0.25, 0.3) is 0 Å². The molecule has 5 heteroatoms. The molecule has 1 unspecified atom stereocenters. The fourth-order valence-corrected chi connectivity index (χ4v) is 2.05. The average Bonchev–Trinajstić information content (AvgIpc) is 2.37. The molecule has 0 aliphatic heterocycles. The molecule has 1 aromatic heterocycles. The zero-order chi connectivity index (χ0) is 13.1. The number of carboxylic acids is 1. The third-order valence-corrected chi connectivity index (χ3v) is 2.92. The predicted octanol–water partition coefficient (Wildman–Crippen LogP) is 3.05. The lowest BCUT2D eigenvalue weighted by Gasteiger charge is -2.15. The van der Waals surface area contributed by atoms with Crippen molar-refractivity contribution in [2.45, 2.75) is 13.0 Å². The Morgan fingerprint density at radius 2 is 2.28 bits per heavy atom. The highest BCUT2D eigenvalue weighted by Crippen LogP contribution is 2.30. The zero-order valence-corrected chi connectivity index (χ0v) is 10.5. The van der Waals surface area contributed by atoms with E-state index in [9.17, 15) is 9.90 Å². The fraction of sp³-hybridized carbons (Fsp3) is 0.231. The number of fused-ring (bicyclic) bond motifs is 1. The second-order valence-corrected chi connectivity index (χ2v) is 4.12. The Hall–Kier alpha value is -1.65. The summed E-state index contributed by atoms with van der Waals surface area (Å²) in [5, 5.41) is 10.5. The van der Waals surface area contributed by atoms with E-state index in [0.717, 1.165) is 5.39 Å². The topological polar surface area (TPSA) is 59.4 Å². The van der Waals surface area contributed by atoms with E-state index in [1.807, 2.05) is 0 Å². The Balaban J connectivity index is 2.63. The van der Waals surface area contributed by atoms with Crippen LogP contribution in [0.3, 0.4) is 0 Å². The van der Waals surface area contributed by atoms with Crippen molar-refractivity contribution in [1.29, 1.82) is 0 Å². The maximum atomic E-state index is 11.2. The minimum Gasteiger partial charge on any atom is -0.479 e. The van der Waals surface area contributed by atoms with Crippen LogP contribution in [0.5, 0.6) is 0 Å². The summed E-state index contributed by atoms with van der Waals surface area (Å²) in [7, 11) is 0. The lowest BCUT2D eigenvalue weighted by molar-refractivity contribution is -0.150. The van der Waals surface area contributed by atoms with Crippen molar-refractivity contribution < 1.29 is 14.6 Å². The number of aliphatic carboxylic acids is 1. The Bertz CT molecular complexity index is 585. The molecular weight excluding hydrogens is 254 g/mol. The van der Waals surface area contributed by atoms with E-state index < -0.39 is 12.1 Å². The van der Waals surface area contributed by atoms with E-state index in [2.05, 4.69) is 4.98 Å². The average molecular weight is 266 g/mol. The molecule has 94 valence electrons. The van der Waals surface area contributed by atoms with Crippen LogP contribution in [0.25, 0.3) is 10.9 Å². The van der Waals surface area contributed by atoms with E-state index in [0.29, 0.717) is 22.7 Å². The first kappa shape index (κ1) is 12.8. The molecule has 18 heavy (non-hydrogen) atoms. The second-order valence-electron chi connectivity index (χ2n) is 3.71. The molecule has 2 rings (SSSR count). The van der Waals surface area contributed by atoms with E-state index in [-0.39, 0.29) is 0 Å². The lowest BCUT2D eigenvalue weighted by Crippen LogP contribution is -2.16. The number of carboxylic acid groups (broad SMARTS) is 1. The van der Waals surface area contributed by atoms with Gasteiger partial charge in [0.05, 0.1) is 5.52 Å². The number of nitrogens with zero attached hydrogens (tertiary/aromatic N) is 1. The highest BCUT2D eigenvalue weighted by molar-refractivity contribution is 6.35. The van der Waals surface area contributed by atoms with Crippen molar-refractivity contribution in [3.8, 4) is 0 Å². The van der Waals surface area contributed by atoms with Crippen LogP contribution in [-0.4, -0.2) is 22.7 Å². The van der Waals surface area contributed by atoms with Gasteiger partial charge < -0.3 is 9.84 Å². The van der Waals surface area contributed by atoms with Crippen LogP contribution < -0.4 is 0 Å². The molecule has 0 radical (unpaired) electrons. The van der Waals surface area contributed by atoms with Gasteiger partial charge >= 0.3 is 5.97 Å². The molecule has 0 aliphatic carbocycles. The number of hydrogen-bond donors (Lipinski definition) is 1. The summed E-state index contributed by atoms with van der Waals surface area (Å²) in [4.78, 5) is 15.4. The Morgan fingerprint density at radius 3 is 2.94 bits per heavy atom. The van der Waals surface area contributed by atoms with Crippen molar-refractivity contribution in [2.75, 3.05) is 6.61 Å². The summed E-state index contributed by atoms with van der Waals surface area (Å²) in [6.45, 7) is 2.06. The van der Waals surface area contributed by atoms with Gasteiger partial charge in [0, 0.05) is 28.8 Å². The first-order valence-corrected chi connectivity index (χ1v) is 5.90. The molecule has 0 fully saturated rings. The van der Waals surface area contributed by atoms with Gasteiger partial charge in [-0.05, 0) is 25.1 Å². The van der Waals surface area contributed by atoms with Crippen molar-refractivity contribution in [3.05, 3.63) is 41.0 Å². The van der Waals surface area contributed by atoms with Gasteiger partial charge in [-0.1, -0.05) is 17.7 Å². The van der Waals surface area contributed by atoms with E-state index in [4.69, 9.17) is 16.3 Å². The van der Waals surface area contributed by atoms with Gasteiger partial charge in [0.2, 0.25) is 0 Å². The van der Waals surface area contributed by atoms with Crippen molar-refractivity contribution >= 4 is 28.5 Å². The number of ether oxygens (including phenoxy) is 1. The van der Waals surface area contributed by atoms with Gasteiger partial charge in [-0.3, -0.25) is 4.98 Å². The molecule has 0 saturated carbocycles. The number of rotatable bonds is 4. The van der Waals surface area contributed by atoms with Crippen molar-refractivity contribution in [3.63, 3.8) is 0 Å². The van der Waals surface area contributed by atoms with Crippen LogP contribution in [-0.2, 0) is 9.53 Å². The molecule has 0 spiro atoms. The van der Waals surface area contributed by atoms with Crippen LogP contribution in [0, 0.1) is 0 Å². The highest BCUT2D eigenvalue weighted by Gasteiger charge is 2.23. The number of aromatic nitrogens is 1. The molecule has 1 aromatic carbocycles. The summed E-state index contributed by atoms with van der Waals surface area (Å²) in [5.41, 5.74) is 1.08. The molecule has 0 saturated heterocycles. The zero-order valence-electron chi connectivity index (χ0n) is 9.76. The van der Waals surface area contributed by atoms with E-state index in [1.54, 1.807) is 37.4 Å². The predicted molar refractivity (Wildman–Crippen MR) is 68.8 cm³/mol. The van der Waals surface area contributed by atoms with Gasteiger partial charge in [-0.2, -0.15) is 0 Å². The third-order valence-electron chi connectivity index (χ3n) is 2.59. The molecule has 1 heterocycles. The maximum absolute atomic E-state index is 11.2. The van der Waals surface area contributed by atoms with Crippen molar-refractivity contribution in [2.24, 2.45) is 0 Å². The molecular formula is C13H12ClNO3. The molecule has 1 N–H and O–H groups in total. The van der Waals surface area contributed by atoms with Gasteiger partial charge in [-0.15, -0.1) is 0 Å². The SMILES string of the molecule is CCOC(C(=O)O)c1ccc(Cl)c2cccnc12. The van der Waals surface area contributed by atoms with Crippen LogP contribution in [0.2, 0.25) is 5.02 Å². The smallest absolute Gasteiger partial charge is 0.337 e. The summed E-state index contributed by atoms with van der Waals surface area (Å²) in [5.74, 6) is -1.04. The third kappa shape index (κ3) is 2.30. The van der Waals surface area contributed by atoms with Crippen LogP contribution in [0.1, 0.15) is 18.6 Å². The highest BCUT2D eigenvalue weighted by atomic mass is 35.5. The Morgan fingerprint density at radius 1 is 1.50 bits per heavy atom. The normalized spacial score (nSPS) is 12.6. The van der Waals surface area contributed by atoms with Gasteiger partial charge in [0.1, 0.15) is 0 Å². The fourth-order valence-electron chi connectivity index (χ4n) is 1.83. The summed E-state index contributed by atoms with van der Waals surface area (Å²) in [6.07, 6.45) is 0.581. The molecule has 4 nitrogen and oxygen atoms in total. The van der Waals surface area contributed by atoms with Crippen molar-refractivity contribution in [1.82, 2.24) is 4.98 Å². The number of carbonyl (C=O) groups is 1. The second kappa shape index (κ2) is 5.33. The molecule has 0 amide bonds. The Labute approximate surface area is 109 Å². The van der Waals surface area contributed by atoms with Gasteiger partial charge in [0.15, 0.2) is 6.10 Å². The summed E-state index contributed by atoms with van der Waals surface area (Å²) in [6, 6.07) is 6.87. The molecule has 0 aliphatic rings. The first-order chi connectivity index (χ1) is 8.65. The summed E-state index contributed by atoms with van der Waals surface area (Å²) >= 11 is 6.06. The quantitative estimate of drug-likeness (QED) is 0.923. The summed E-state index contributed by atoms with van der Waals surface area (Å²) < 4.78 is 5.25. The number of halogens is 1. The van der Waals surface area contributed by atoms with E-state index >= 15 is 0 Å². The van der Waals surface area contributed by atoms with Gasteiger partial charge in [-0.25, -0.2) is 4.79 Å². The number of pyridine rings is 1. The molecule has 2 aromatic rings. The van der Waals surface area contributed by atoms with Crippen LogP contribution in [0.15, 0.2) is 30.5 Å². The molecule has 0 bridgehead atoms. The molecule has 1 atom stereocenters. The first-order valence-electron chi connectivity index (χ1n) is 5.52. The number of benzene rings is 1. The monoisotopic (exact) mass is 265 g/mol. The minimum absolute atomic E-state index is 0.313. The van der Waals surface area contributed by atoms with E-state index in [1.165, 1.54) is 0 Å². The Kier molecular flexibility index (Phi) is 3.79. The maximum Gasteiger partial charge on any atom is 0.337 e. The van der Waals surface area contributed by atoms with Crippen LogP contribution >= 0.6 is 11.6 Å².